The number of nitro benzene ring substituents is 1. The predicted molar refractivity (Wildman–Crippen MR) is 97.7 cm³/mol. The van der Waals surface area contributed by atoms with Gasteiger partial charge < -0.3 is 14.8 Å². The molecule has 2 aromatic rings. The van der Waals surface area contributed by atoms with E-state index in [0.717, 1.165) is 30.3 Å². The van der Waals surface area contributed by atoms with Gasteiger partial charge in [-0.1, -0.05) is 12.1 Å². The third kappa shape index (κ3) is 6.47. The Bertz CT molecular complexity index is 915. The number of nitrogens with one attached hydrogen (secondary N) is 1. The van der Waals surface area contributed by atoms with E-state index in [0.29, 0.717) is 0 Å². The molecule has 0 aromatic heterocycles. The highest BCUT2D eigenvalue weighted by Crippen LogP contribution is 2.31. The van der Waals surface area contributed by atoms with E-state index in [2.05, 4.69) is 5.32 Å². The number of amides is 1. The van der Waals surface area contributed by atoms with E-state index in [1.807, 2.05) is 0 Å². The Morgan fingerprint density at radius 1 is 1.17 bits per heavy atom. The van der Waals surface area contributed by atoms with Crippen molar-refractivity contribution < 1.29 is 37.2 Å². The number of carbonyl (C=O) groups is 2. The molecule has 0 spiro atoms. The number of alkyl halides is 3. The first-order chi connectivity index (χ1) is 14.1. The van der Waals surface area contributed by atoms with Gasteiger partial charge >= 0.3 is 18.2 Å². The highest BCUT2D eigenvalue weighted by atomic mass is 19.4. The second kappa shape index (κ2) is 9.72. The van der Waals surface area contributed by atoms with Gasteiger partial charge in [0.15, 0.2) is 0 Å². The van der Waals surface area contributed by atoms with Gasteiger partial charge in [0, 0.05) is 12.1 Å². The largest absolute Gasteiger partial charge is 0.466 e. The van der Waals surface area contributed by atoms with Crippen LogP contribution >= 0.6 is 0 Å². The molecular weight excluding hydrogens is 409 g/mol. The molecule has 8 nitrogen and oxygen atoms in total. The average molecular weight is 426 g/mol. The number of ether oxygens (including phenoxy) is 2. The van der Waals surface area contributed by atoms with Crippen LogP contribution in [0.15, 0.2) is 48.5 Å². The molecule has 11 heteroatoms. The van der Waals surface area contributed by atoms with E-state index in [9.17, 15) is 32.9 Å². The Morgan fingerprint density at radius 3 is 2.40 bits per heavy atom. The summed E-state index contributed by atoms with van der Waals surface area (Å²) in [5.74, 6) is -0.757. The van der Waals surface area contributed by atoms with Gasteiger partial charge in [-0.15, -0.1) is 0 Å². The monoisotopic (exact) mass is 426 g/mol. The smallest absolute Gasteiger partial charge is 0.416 e. The maximum absolute atomic E-state index is 13.0. The molecule has 30 heavy (non-hydrogen) atoms. The zero-order valence-corrected chi connectivity index (χ0v) is 15.6. The number of hydrogen-bond acceptors (Lipinski definition) is 6. The minimum absolute atomic E-state index is 0.0264. The average Bonchev–Trinajstić information content (AvgIpc) is 2.67. The van der Waals surface area contributed by atoms with Crippen molar-refractivity contribution in [1.82, 2.24) is 5.32 Å². The Morgan fingerprint density at radius 2 is 1.83 bits per heavy atom. The van der Waals surface area contributed by atoms with Gasteiger partial charge in [-0.25, -0.2) is 4.79 Å². The lowest BCUT2D eigenvalue weighted by atomic mass is 10.0. The lowest BCUT2D eigenvalue weighted by molar-refractivity contribution is -0.384. The lowest BCUT2D eigenvalue weighted by Gasteiger charge is -2.19. The minimum atomic E-state index is -4.61. The van der Waals surface area contributed by atoms with Crippen LogP contribution in [0.5, 0.6) is 5.75 Å². The highest BCUT2D eigenvalue weighted by molar-refractivity contribution is 5.74. The van der Waals surface area contributed by atoms with Gasteiger partial charge in [0.25, 0.3) is 5.69 Å². The van der Waals surface area contributed by atoms with Crippen molar-refractivity contribution in [2.75, 3.05) is 6.61 Å². The zero-order chi connectivity index (χ0) is 22.3. The highest BCUT2D eigenvalue weighted by Gasteiger charge is 2.31. The second-order valence-electron chi connectivity index (χ2n) is 5.97. The quantitative estimate of drug-likeness (QED) is 0.400. The first-order valence-corrected chi connectivity index (χ1v) is 8.65. The number of non-ortho nitro benzene ring substituents is 1. The molecule has 0 radical (unpaired) electrons. The molecule has 0 aliphatic carbocycles. The number of rotatable bonds is 7. The molecule has 1 N–H and O–H groups in total. The number of carbonyl (C=O) groups excluding carboxylic acids is 2. The third-order valence-corrected chi connectivity index (χ3v) is 3.84. The summed E-state index contributed by atoms with van der Waals surface area (Å²) in [7, 11) is 0. The van der Waals surface area contributed by atoms with Gasteiger partial charge in [-0.05, 0) is 36.8 Å². The molecule has 2 rings (SSSR count). The molecular formula is C19H17F3N2O6. The summed E-state index contributed by atoms with van der Waals surface area (Å²) in [4.78, 5) is 34.1. The number of esters is 1. The second-order valence-corrected chi connectivity index (χ2v) is 5.97. The summed E-state index contributed by atoms with van der Waals surface area (Å²) in [5.41, 5.74) is -1.13. The van der Waals surface area contributed by atoms with Crippen LogP contribution in [0.4, 0.5) is 23.7 Å². The molecule has 160 valence electrons. The van der Waals surface area contributed by atoms with Gasteiger partial charge in [-0.2, -0.15) is 13.2 Å². The fourth-order valence-corrected chi connectivity index (χ4v) is 2.49. The van der Waals surface area contributed by atoms with Crippen molar-refractivity contribution in [2.24, 2.45) is 0 Å². The fraction of sp³-hybridized carbons (Fsp3) is 0.263. The molecule has 0 fully saturated rings. The van der Waals surface area contributed by atoms with E-state index in [1.54, 1.807) is 6.92 Å². The van der Waals surface area contributed by atoms with Gasteiger partial charge in [0.2, 0.25) is 0 Å². The maximum atomic E-state index is 13.0. The summed E-state index contributed by atoms with van der Waals surface area (Å²) < 4.78 is 48.8. The standard InChI is InChI=1S/C19H17F3N2O6/c1-2-29-17(25)11-16(12-4-3-5-13(10-12)19(20,21)22)23-18(26)30-15-8-6-14(7-9-15)24(27)28/h3-10,16H,2,11H2,1H3,(H,23,26)/t16-/m0/s1. The minimum Gasteiger partial charge on any atom is -0.466 e. The first kappa shape index (κ1) is 22.7. The fourth-order valence-electron chi connectivity index (χ4n) is 2.49. The molecule has 0 saturated heterocycles. The molecule has 0 aliphatic rings. The lowest BCUT2D eigenvalue weighted by Crippen LogP contribution is -2.33. The van der Waals surface area contributed by atoms with Crippen LogP contribution in [0.1, 0.15) is 30.5 Å². The molecule has 0 heterocycles. The Labute approximate surface area is 168 Å². The Kier molecular flexibility index (Phi) is 7.34. The Balaban J connectivity index is 2.19. The van der Waals surface area contributed by atoms with Crippen molar-refractivity contribution in [3.05, 3.63) is 69.8 Å². The zero-order valence-electron chi connectivity index (χ0n) is 15.6. The number of halogens is 3. The number of benzene rings is 2. The van der Waals surface area contributed by atoms with Crippen LogP contribution in [-0.4, -0.2) is 23.6 Å². The van der Waals surface area contributed by atoms with Crippen LogP contribution in [0.3, 0.4) is 0 Å². The van der Waals surface area contributed by atoms with Crippen LogP contribution in [0.25, 0.3) is 0 Å². The van der Waals surface area contributed by atoms with E-state index in [1.165, 1.54) is 18.2 Å². The topological polar surface area (TPSA) is 108 Å². The van der Waals surface area contributed by atoms with Crippen LogP contribution in [0, 0.1) is 10.1 Å². The molecule has 0 aliphatic heterocycles. The summed E-state index contributed by atoms with van der Waals surface area (Å²) in [5, 5.41) is 13.0. The van der Waals surface area contributed by atoms with E-state index in [-0.39, 0.29) is 23.6 Å². The van der Waals surface area contributed by atoms with E-state index < -0.39 is 41.2 Å². The van der Waals surface area contributed by atoms with Crippen molar-refractivity contribution >= 4 is 17.7 Å². The molecule has 0 unspecified atom stereocenters. The van der Waals surface area contributed by atoms with E-state index >= 15 is 0 Å². The van der Waals surface area contributed by atoms with Crippen molar-refractivity contribution in [1.29, 1.82) is 0 Å². The third-order valence-electron chi connectivity index (χ3n) is 3.84. The number of hydrogen-bond donors (Lipinski definition) is 1. The molecule has 1 atom stereocenters. The van der Waals surface area contributed by atoms with Gasteiger partial charge in [0.1, 0.15) is 5.75 Å². The van der Waals surface area contributed by atoms with Crippen LogP contribution < -0.4 is 10.1 Å². The summed E-state index contributed by atoms with van der Waals surface area (Å²) in [6.07, 6.45) is -6.09. The van der Waals surface area contributed by atoms with Crippen molar-refractivity contribution in [3.8, 4) is 5.75 Å². The SMILES string of the molecule is CCOC(=O)C[C@H](NC(=O)Oc1ccc([N+](=O)[O-])cc1)c1cccc(C(F)(F)F)c1. The summed E-state index contributed by atoms with van der Waals surface area (Å²) >= 11 is 0. The van der Waals surface area contributed by atoms with E-state index in [4.69, 9.17) is 9.47 Å². The normalized spacial score (nSPS) is 12.0. The number of nitro groups is 1. The summed E-state index contributed by atoms with van der Waals surface area (Å²) in [6, 6.07) is 7.60. The van der Waals surface area contributed by atoms with Crippen molar-refractivity contribution in [2.45, 2.75) is 25.6 Å². The molecule has 0 bridgehead atoms. The van der Waals surface area contributed by atoms with Crippen molar-refractivity contribution in [3.63, 3.8) is 0 Å². The van der Waals surface area contributed by atoms with Gasteiger partial charge in [0.05, 0.1) is 29.6 Å². The maximum Gasteiger partial charge on any atom is 0.416 e. The molecule has 0 saturated carbocycles. The van der Waals surface area contributed by atoms with Crippen LogP contribution in [-0.2, 0) is 15.7 Å². The predicted octanol–water partition coefficient (Wildman–Crippen LogP) is 4.40. The van der Waals surface area contributed by atoms with Gasteiger partial charge in [-0.3, -0.25) is 14.9 Å². The molecule has 1 amide bonds. The molecule has 2 aromatic carbocycles. The van der Waals surface area contributed by atoms with Crippen LogP contribution in [0.2, 0.25) is 0 Å². The first-order valence-electron chi connectivity index (χ1n) is 8.65. The number of nitrogens with zero attached hydrogens (tertiary/aromatic N) is 1. The Hall–Kier alpha value is -3.63. The summed E-state index contributed by atoms with van der Waals surface area (Å²) in [6.45, 7) is 1.62.